The number of benzene rings is 2. The van der Waals surface area contributed by atoms with Gasteiger partial charge in [0, 0.05) is 24.9 Å². The highest BCUT2D eigenvalue weighted by molar-refractivity contribution is 5.84. The molecule has 0 aliphatic carbocycles. The topological polar surface area (TPSA) is 131 Å². The molecule has 1 amide bonds. The molecule has 0 unspecified atom stereocenters. The Morgan fingerprint density at radius 3 is 2.09 bits per heavy atom. The summed E-state index contributed by atoms with van der Waals surface area (Å²) in [6, 6.07) is 14.6. The molecule has 2 aromatic carbocycles. The molecule has 0 aliphatic heterocycles. The quantitative estimate of drug-likeness (QED) is 0.199. The molecule has 0 saturated carbocycles. The van der Waals surface area contributed by atoms with E-state index >= 15 is 0 Å². The molecule has 2 N–H and O–H groups in total. The summed E-state index contributed by atoms with van der Waals surface area (Å²) < 4.78 is 10.1. The lowest BCUT2D eigenvalue weighted by Gasteiger charge is -2.09. The first-order valence-corrected chi connectivity index (χ1v) is 10.5. The third-order valence-corrected chi connectivity index (χ3v) is 4.53. The van der Waals surface area contributed by atoms with Gasteiger partial charge in [-0.3, -0.25) is 14.9 Å². The van der Waals surface area contributed by atoms with Crippen LogP contribution in [-0.4, -0.2) is 42.4 Å². The van der Waals surface area contributed by atoms with Crippen molar-refractivity contribution in [2.75, 3.05) is 18.5 Å². The summed E-state index contributed by atoms with van der Waals surface area (Å²) in [5.74, 6) is -1.28. The van der Waals surface area contributed by atoms with Crippen molar-refractivity contribution in [2.45, 2.75) is 38.5 Å². The summed E-state index contributed by atoms with van der Waals surface area (Å²) in [6.07, 6.45) is 3.06. The van der Waals surface area contributed by atoms with Crippen LogP contribution in [-0.2, 0) is 30.3 Å². The number of aliphatic imine (C=N–C) groups is 1. The van der Waals surface area contributed by atoms with Gasteiger partial charge in [0.15, 0.2) is 0 Å². The van der Waals surface area contributed by atoms with Gasteiger partial charge in [-0.05, 0) is 54.7 Å². The Morgan fingerprint density at radius 1 is 0.848 bits per heavy atom. The highest BCUT2D eigenvalue weighted by atomic mass is 16.6. The minimum atomic E-state index is -0.885. The van der Waals surface area contributed by atoms with Crippen molar-refractivity contribution in [2.24, 2.45) is 4.99 Å². The van der Waals surface area contributed by atoms with Crippen molar-refractivity contribution in [3.8, 4) is 0 Å². The summed E-state index contributed by atoms with van der Waals surface area (Å²) in [6.45, 7) is 0.225. The third-order valence-electron chi connectivity index (χ3n) is 4.53. The van der Waals surface area contributed by atoms with Crippen LogP contribution < -0.4 is 5.32 Å². The Kier molecular flexibility index (Phi) is 10.9. The normalized spacial score (nSPS) is 10.1. The molecule has 9 nitrogen and oxygen atoms in total. The number of rotatable bonds is 13. The van der Waals surface area contributed by atoms with E-state index in [2.05, 4.69) is 10.3 Å². The molecular formula is C24H26N2O7. The van der Waals surface area contributed by atoms with E-state index in [-0.39, 0.29) is 26.1 Å². The average Bonchev–Trinajstić information content (AvgIpc) is 2.79. The van der Waals surface area contributed by atoms with E-state index in [9.17, 15) is 19.2 Å². The molecule has 9 heteroatoms. The van der Waals surface area contributed by atoms with E-state index in [1.807, 2.05) is 24.3 Å². The van der Waals surface area contributed by atoms with E-state index in [1.54, 1.807) is 24.3 Å². The first kappa shape index (κ1) is 25.3. The van der Waals surface area contributed by atoms with Gasteiger partial charge in [0.2, 0.25) is 6.08 Å². The second-order valence-electron chi connectivity index (χ2n) is 7.18. The van der Waals surface area contributed by atoms with Crippen molar-refractivity contribution in [1.29, 1.82) is 0 Å². The van der Waals surface area contributed by atoms with E-state index in [4.69, 9.17) is 14.6 Å². The fourth-order valence-corrected chi connectivity index (χ4v) is 2.86. The van der Waals surface area contributed by atoms with Crippen LogP contribution in [0.4, 0.5) is 16.2 Å². The number of anilines is 1. The number of carboxylic acid groups (broad SMARTS) is 1. The Balaban J connectivity index is 1.61. The molecule has 0 radical (unpaired) electrons. The zero-order chi connectivity index (χ0) is 23.9. The largest absolute Gasteiger partial charge is 0.481 e. The fourth-order valence-electron chi connectivity index (χ4n) is 2.86. The molecule has 0 heterocycles. The molecule has 2 rings (SSSR count). The molecule has 0 fully saturated rings. The zero-order valence-corrected chi connectivity index (χ0v) is 18.1. The van der Waals surface area contributed by atoms with Crippen molar-refractivity contribution in [3.63, 3.8) is 0 Å². The van der Waals surface area contributed by atoms with Gasteiger partial charge in [-0.25, -0.2) is 9.59 Å². The van der Waals surface area contributed by atoms with Crippen LogP contribution >= 0.6 is 0 Å². The number of carbonyl (C=O) groups excluding carboxylic acids is 3. The molecule has 0 spiro atoms. The highest BCUT2D eigenvalue weighted by Crippen LogP contribution is 2.17. The van der Waals surface area contributed by atoms with Crippen LogP contribution in [0, 0.1) is 0 Å². The minimum absolute atomic E-state index is 0.0338. The number of amides is 1. The number of carboxylic acids is 1. The summed E-state index contributed by atoms with van der Waals surface area (Å²) in [5, 5.41) is 11.2. The zero-order valence-electron chi connectivity index (χ0n) is 18.1. The van der Waals surface area contributed by atoms with Crippen LogP contribution in [0.1, 0.15) is 43.2 Å². The van der Waals surface area contributed by atoms with E-state index in [0.29, 0.717) is 37.1 Å². The Morgan fingerprint density at radius 2 is 1.45 bits per heavy atom. The standard InChI is InChI=1S/C24H26N2O7/c27-17-25-20-10-6-18(7-11-20)16-19-8-12-21(13-9-19)26-24(31)33-15-3-14-32-23(30)5-2-1-4-22(28)29/h6-13H,1-5,14-16H2,(H,26,31)(H,28,29). The molecule has 0 atom stereocenters. The maximum absolute atomic E-state index is 11.9. The maximum atomic E-state index is 11.9. The van der Waals surface area contributed by atoms with Crippen LogP contribution in [0.2, 0.25) is 0 Å². The predicted molar refractivity (Wildman–Crippen MR) is 120 cm³/mol. The van der Waals surface area contributed by atoms with Crippen LogP contribution in [0.15, 0.2) is 53.5 Å². The summed E-state index contributed by atoms with van der Waals surface area (Å²) >= 11 is 0. The van der Waals surface area contributed by atoms with Gasteiger partial charge in [-0.15, -0.1) is 0 Å². The van der Waals surface area contributed by atoms with Crippen molar-refractivity contribution in [3.05, 3.63) is 59.7 Å². The van der Waals surface area contributed by atoms with Crippen LogP contribution in [0.3, 0.4) is 0 Å². The van der Waals surface area contributed by atoms with Crippen molar-refractivity contribution in [1.82, 2.24) is 0 Å². The van der Waals surface area contributed by atoms with Crippen molar-refractivity contribution >= 4 is 35.5 Å². The number of nitrogens with one attached hydrogen (secondary N) is 1. The molecule has 33 heavy (non-hydrogen) atoms. The van der Waals surface area contributed by atoms with Gasteiger partial charge in [0.25, 0.3) is 0 Å². The number of esters is 1. The first-order valence-electron chi connectivity index (χ1n) is 10.5. The maximum Gasteiger partial charge on any atom is 0.411 e. The highest BCUT2D eigenvalue weighted by Gasteiger charge is 2.06. The lowest BCUT2D eigenvalue weighted by Crippen LogP contribution is -2.16. The number of carbonyl (C=O) groups is 3. The van der Waals surface area contributed by atoms with Gasteiger partial charge >= 0.3 is 18.0 Å². The second-order valence-corrected chi connectivity index (χ2v) is 7.18. The lowest BCUT2D eigenvalue weighted by molar-refractivity contribution is -0.144. The van der Waals surface area contributed by atoms with Crippen LogP contribution in [0.5, 0.6) is 0 Å². The van der Waals surface area contributed by atoms with Crippen LogP contribution in [0.25, 0.3) is 0 Å². The first-order chi connectivity index (χ1) is 16.0. The van der Waals surface area contributed by atoms with Gasteiger partial charge < -0.3 is 14.6 Å². The Labute approximate surface area is 191 Å². The summed E-state index contributed by atoms with van der Waals surface area (Å²) in [5.41, 5.74) is 3.25. The smallest absolute Gasteiger partial charge is 0.411 e. The molecule has 174 valence electrons. The van der Waals surface area contributed by atoms with E-state index in [1.165, 1.54) is 6.08 Å². The minimum Gasteiger partial charge on any atom is -0.481 e. The monoisotopic (exact) mass is 454 g/mol. The molecule has 0 aromatic heterocycles. The molecular weight excluding hydrogens is 428 g/mol. The van der Waals surface area contributed by atoms with Gasteiger partial charge in [0.1, 0.15) is 0 Å². The number of hydrogen-bond donors (Lipinski definition) is 2. The van der Waals surface area contributed by atoms with Gasteiger partial charge in [-0.2, -0.15) is 4.99 Å². The van der Waals surface area contributed by atoms with E-state index < -0.39 is 18.0 Å². The number of unbranched alkanes of at least 4 members (excludes halogenated alkanes) is 1. The number of hydrogen-bond acceptors (Lipinski definition) is 7. The average molecular weight is 454 g/mol. The SMILES string of the molecule is O=C=Nc1ccc(Cc2ccc(NC(=O)OCCCOC(=O)CCCCC(=O)O)cc2)cc1. The molecule has 0 aliphatic rings. The van der Waals surface area contributed by atoms with E-state index in [0.717, 1.165) is 11.1 Å². The molecule has 0 saturated heterocycles. The second kappa shape index (κ2) is 14.2. The predicted octanol–water partition coefficient (Wildman–Crippen LogP) is 4.37. The molecule has 2 aromatic rings. The Hall–Kier alpha value is -3.97. The van der Waals surface area contributed by atoms with Gasteiger partial charge in [0.05, 0.1) is 18.9 Å². The van der Waals surface area contributed by atoms with Crippen molar-refractivity contribution < 1.29 is 33.8 Å². The van der Waals surface area contributed by atoms with Gasteiger partial charge in [-0.1, -0.05) is 24.3 Å². The lowest BCUT2D eigenvalue weighted by atomic mass is 10.0. The summed E-state index contributed by atoms with van der Waals surface area (Å²) in [7, 11) is 0. The number of isocyanates is 1. The molecule has 0 bridgehead atoms. The summed E-state index contributed by atoms with van der Waals surface area (Å²) in [4.78, 5) is 47.6. The fraction of sp³-hybridized carbons (Fsp3) is 0.333. The Bertz CT molecular complexity index is 965. The number of aliphatic carboxylic acids is 1. The number of nitrogens with zero attached hydrogens (tertiary/aromatic N) is 1. The number of ether oxygens (including phenoxy) is 2. The third kappa shape index (κ3) is 10.8.